The van der Waals surface area contributed by atoms with E-state index in [1.165, 1.54) is 189 Å². The highest BCUT2D eigenvalue weighted by Gasteiger charge is 2.48. The van der Waals surface area contributed by atoms with Gasteiger partial charge in [0.1, 0.15) is 0 Å². The third-order valence-electron chi connectivity index (χ3n) is 25.4. The van der Waals surface area contributed by atoms with Gasteiger partial charge in [-0.25, -0.2) is 0 Å². The van der Waals surface area contributed by atoms with Crippen molar-refractivity contribution in [1.82, 2.24) is 8.96 Å². The van der Waals surface area contributed by atoms with Crippen LogP contribution in [0.4, 0.5) is 34.1 Å². The van der Waals surface area contributed by atoms with Crippen LogP contribution in [0.5, 0.6) is 0 Å². The number of nitrogens with zero attached hydrogens (tertiary/aromatic N) is 4. The Morgan fingerprint density at radius 3 is 0.911 bits per heavy atom. The molecule has 0 saturated carbocycles. The maximum Gasteiger partial charge on any atom is 0.333 e. The highest BCUT2D eigenvalue weighted by molar-refractivity contribution is 6.92. The lowest BCUT2D eigenvalue weighted by molar-refractivity contribution is 0.568. The molecule has 0 fully saturated rings. The summed E-state index contributed by atoms with van der Waals surface area (Å²) in [6, 6.07) is 92.3. The van der Waals surface area contributed by atoms with E-state index in [1.807, 2.05) is 0 Å². The molecule has 0 bridgehead atoms. The van der Waals surface area contributed by atoms with Gasteiger partial charge in [-0.1, -0.05) is 348 Å². The first-order valence-electron chi connectivity index (χ1n) is 41.2. The van der Waals surface area contributed by atoms with Gasteiger partial charge in [0, 0.05) is 67.1 Å². The van der Waals surface area contributed by atoms with Crippen LogP contribution in [-0.2, 0) is 43.3 Å². The Bertz CT molecular complexity index is 6210. The van der Waals surface area contributed by atoms with Crippen molar-refractivity contribution in [2.24, 2.45) is 0 Å². The number of benzene rings is 12. The quantitative estimate of drug-likeness (QED) is 0.154. The van der Waals surface area contributed by atoms with Crippen molar-refractivity contribution >= 4 is 103 Å². The Morgan fingerprint density at radius 1 is 0.214 bits per heavy atom. The zero-order valence-corrected chi connectivity index (χ0v) is 70.9. The minimum absolute atomic E-state index is 0.0297. The third-order valence-corrected chi connectivity index (χ3v) is 25.4. The molecule has 12 aromatic carbocycles. The summed E-state index contributed by atoms with van der Waals surface area (Å²) in [4.78, 5) is 5.28. The molecule has 6 heterocycles. The second-order valence-electron chi connectivity index (χ2n) is 41.6. The molecule has 0 saturated heterocycles. The topological polar surface area (TPSA) is 16.3 Å². The lowest BCUT2D eigenvalue weighted by Gasteiger charge is -2.41. The first-order chi connectivity index (χ1) is 52.6. The van der Waals surface area contributed by atoms with Gasteiger partial charge in [-0.3, -0.25) is 0 Å². The van der Waals surface area contributed by atoms with E-state index in [9.17, 15) is 0 Å². The molecule has 112 heavy (non-hydrogen) atoms. The first kappa shape index (κ1) is 73.2. The van der Waals surface area contributed by atoms with Gasteiger partial charge < -0.3 is 18.8 Å². The summed E-state index contributed by atoms with van der Waals surface area (Å²) in [5, 5.41) is 2.55. The molecule has 0 amide bonds. The van der Waals surface area contributed by atoms with Crippen LogP contribution in [0.25, 0.3) is 99.6 Å². The summed E-state index contributed by atoms with van der Waals surface area (Å²) in [6.07, 6.45) is 0. The minimum atomic E-state index is -0.192. The number of hydrogen-bond acceptors (Lipinski definition) is 2. The van der Waals surface area contributed by atoms with E-state index in [4.69, 9.17) is 0 Å². The molecule has 6 heteroatoms. The number of anilines is 6. The maximum absolute atomic E-state index is 2.84. The van der Waals surface area contributed by atoms with Crippen molar-refractivity contribution in [3.05, 3.63) is 275 Å². The second-order valence-corrected chi connectivity index (χ2v) is 41.6. The zero-order chi connectivity index (χ0) is 79.1. The summed E-state index contributed by atoms with van der Waals surface area (Å²) in [5.74, 6) is 0. The van der Waals surface area contributed by atoms with Gasteiger partial charge in [-0.2, -0.15) is 0 Å². The minimum Gasteiger partial charge on any atom is -0.374 e. The van der Waals surface area contributed by atoms with E-state index in [2.05, 4.69) is 415 Å². The largest absolute Gasteiger partial charge is 0.374 e. The lowest BCUT2D eigenvalue weighted by Crippen LogP contribution is -2.56. The predicted octanol–water partition coefficient (Wildman–Crippen LogP) is 26.6. The highest BCUT2D eigenvalue weighted by Crippen LogP contribution is 2.54. The van der Waals surface area contributed by atoms with Crippen molar-refractivity contribution in [2.45, 2.75) is 209 Å². The van der Waals surface area contributed by atoms with E-state index in [-0.39, 0.29) is 57.0 Å². The molecule has 560 valence electrons. The van der Waals surface area contributed by atoms with Gasteiger partial charge in [0.25, 0.3) is 0 Å². The van der Waals surface area contributed by atoms with Crippen LogP contribution >= 0.6 is 0 Å². The molecule has 0 N–H and O–H groups in total. The molecule has 0 aliphatic carbocycles. The summed E-state index contributed by atoms with van der Waals surface area (Å²) in [5.41, 5.74) is 42.7. The van der Waals surface area contributed by atoms with Gasteiger partial charge in [0.05, 0.1) is 11.0 Å². The normalized spacial score (nSPS) is 14.2. The predicted molar refractivity (Wildman–Crippen MR) is 487 cm³/mol. The molecular weight excluding hydrogens is 1350 g/mol. The van der Waals surface area contributed by atoms with Crippen LogP contribution < -0.4 is 31.7 Å². The molecule has 4 aliphatic rings. The molecule has 18 rings (SSSR count). The number of hydrogen-bond donors (Lipinski definition) is 0. The fraction of sp³-hybridized carbons (Fsp3) is 0.302. The maximum atomic E-state index is 2.84. The van der Waals surface area contributed by atoms with Crippen LogP contribution in [0, 0.1) is 0 Å². The number of para-hydroxylation sites is 2. The third kappa shape index (κ3) is 11.7. The van der Waals surface area contributed by atoms with Gasteiger partial charge >= 0.3 is 13.7 Å². The first-order valence-corrected chi connectivity index (χ1v) is 41.2. The number of fused-ring (bicyclic) bond motifs is 13. The van der Waals surface area contributed by atoms with E-state index in [0.717, 1.165) is 11.4 Å². The van der Waals surface area contributed by atoms with Crippen LogP contribution in [0.2, 0.25) is 0 Å². The molecule has 2 aromatic heterocycles. The average molecular weight is 1460 g/mol. The Balaban J connectivity index is 0.903. The van der Waals surface area contributed by atoms with Crippen molar-refractivity contribution in [3.8, 4) is 66.8 Å². The summed E-state index contributed by atoms with van der Waals surface area (Å²) in [6.45, 7) is 56.1. The van der Waals surface area contributed by atoms with Crippen LogP contribution in [0.1, 0.15) is 211 Å². The lowest BCUT2D eigenvalue weighted by atomic mass is 9.45. The van der Waals surface area contributed by atoms with Crippen LogP contribution in [0.15, 0.2) is 231 Å². The SMILES string of the molecule is CC(C)(C)c1cc(-c2cccc(N3c4cc(-c5cc(C(C)(C)C)cc(C(C)(C)C)c5)ccc4B4c5c(cccc53)-c3cccc5c3n4c3c4cccc6c4n(c53)B3c4ccc(-c5cc(C(C)(C)C)cc(C(C)(C)C)c5)cc4N(c4cccc(-c5cc(C(C)(C)C)ccc5C(C)(C)C)c4)c4cccc-6c43)c2)cc(C(C)(C)C)c1. The van der Waals surface area contributed by atoms with Crippen molar-refractivity contribution in [1.29, 1.82) is 0 Å². The highest BCUT2D eigenvalue weighted by atomic mass is 15.2. The molecular formula is C106H110B2N4. The monoisotopic (exact) mass is 1460 g/mol. The Labute approximate surface area is 668 Å². The van der Waals surface area contributed by atoms with Crippen molar-refractivity contribution < 1.29 is 0 Å². The van der Waals surface area contributed by atoms with Gasteiger partial charge in [-0.15, -0.1) is 0 Å². The van der Waals surface area contributed by atoms with Crippen LogP contribution in [-0.4, -0.2) is 22.7 Å². The Kier molecular flexibility index (Phi) is 16.1. The standard InChI is InChI=1S/C106H110B2N4/c1-99(2,3)70-45-46-86(106(22,23)24)85(62-70)66-32-26-34-78(56-66)110-90-42-30-36-80-82-38-28-40-84-96(82)112(108(94(80)90)88-48-44-65(58-92(88)110)69-53-75(104(16,17)18)61-76(54-69)105(19,20)21)98-83-39-27-37-81-79-35-29-41-89-93(79)107(111(95(81)83)97(84)98)87-47-43-64(68-51-73(102(10,11)12)60-74(52-68)103(13,14)15)57-91(87)109(89)77-33-25-31-63(55-77)67-49-71(100(4,5)6)59-72(50-67)101(7,8)9/h25-62H,1-24H3. The van der Waals surface area contributed by atoms with E-state index in [0.29, 0.717) is 0 Å². The molecule has 0 radical (unpaired) electrons. The van der Waals surface area contributed by atoms with E-state index in [1.54, 1.807) is 0 Å². The fourth-order valence-electron chi connectivity index (χ4n) is 18.9. The summed E-state index contributed by atoms with van der Waals surface area (Å²) in [7, 11) is 0. The zero-order valence-electron chi connectivity index (χ0n) is 70.9. The smallest absolute Gasteiger partial charge is 0.333 e. The molecule has 0 atom stereocenters. The molecule has 4 nitrogen and oxygen atoms in total. The average Bonchev–Trinajstić information content (AvgIpc) is 1.48. The van der Waals surface area contributed by atoms with Gasteiger partial charge in [0.2, 0.25) is 0 Å². The van der Waals surface area contributed by atoms with Gasteiger partial charge in [-0.05, 0) is 214 Å². The number of rotatable bonds is 6. The second kappa shape index (κ2) is 24.6. The molecule has 0 unspecified atom stereocenters. The molecule has 0 spiro atoms. The summed E-state index contributed by atoms with van der Waals surface area (Å²) < 4.78 is 5.67. The van der Waals surface area contributed by atoms with Crippen LogP contribution in [0.3, 0.4) is 0 Å². The number of aromatic nitrogens is 2. The fourth-order valence-corrected chi connectivity index (χ4v) is 18.9. The van der Waals surface area contributed by atoms with E-state index < -0.39 is 0 Å². The molecule has 14 aromatic rings. The summed E-state index contributed by atoms with van der Waals surface area (Å²) >= 11 is 0. The Hall–Kier alpha value is -10.3. The van der Waals surface area contributed by atoms with Crippen molar-refractivity contribution in [3.63, 3.8) is 0 Å². The Morgan fingerprint density at radius 2 is 0.545 bits per heavy atom. The molecule has 4 aliphatic heterocycles. The van der Waals surface area contributed by atoms with E-state index >= 15 is 0 Å². The van der Waals surface area contributed by atoms with Gasteiger partial charge in [0.15, 0.2) is 0 Å². The van der Waals surface area contributed by atoms with Crippen molar-refractivity contribution in [2.75, 3.05) is 9.80 Å².